The van der Waals surface area contributed by atoms with Crippen molar-refractivity contribution in [3.63, 3.8) is 0 Å². The SMILES string of the molecule is CCOC(=O)/C(CCCC(=O)OC)=N/n1c(C(C)C)nc2ccccc2c1=O. The molecule has 150 valence electrons. The molecule has 0 aliphatic rings. The van der Waals surface area contributed by atoms with E-state index in [2.05, 4.69) is 14.8 Å². The van der Waals surface area contributed by atoms with Crippen molar-refractivity contribution in [3.8, 4) is 0 Å². The molecule has 0 fully saturated rings. The van der Waals surface area contributed by atoms with E-state index in [-0.39, 0.29) is 42.6 Å². The van der Waals surface area contributed by atoms with Gasteiger partial charge in [-0.25, -0.2) is 9.78 Å². The van der Waals surface area contributed by atoms with E-state index in [4.69, 9.17) is 4.74 Å². The summed E-state index contributed by atoms with van der Waals surface area (Å²) in [5, 5.41) is 4.71. The normalized spacial score (nSPS) is 11.7. The molecule has 0 unspecified atom stereocenters. The van der Waals surface area contributed by atoms with Crippen LogP contribution in [0.2, 0.25) is 0 Å². The maximum absolute atomic E-state index is 13.0. The number of ether oxygens (including phenoxy) is 2. The quantitative estimate of drug-likeness (QED) is 0.510. The molecule has 8 heteroatoms. The third-order valence-corrected chi connectivity index (χ3v) is 4.05. The summed E-state index contributed by atoms with van der Waals surface area (Å²) < 4.78 is 10.8. The van der Waals surface area contributed by atoms with Crippen LogP contribution in [0.15, 0.2) is 34.2 Å². The smallest absolute Gasteiger partial charge is 0.354 e. The molecule has 0 saturated heterocycles. The fourth-order valence-electron chi connectivity index (χ4n) is 2.64. The van der Waals surface area contributed by atoms with Crippen molar-refractivity contribution in [2.45, 2.75) is 46.0 Å². The first kappa shape index (κ1) is 21.3. The first-order valence-electron chi connectivity index (χ1n) is 9.22. The molecule has 28 heavy (non-hydrogen) atoms. The second kappa shape index (κ2) is 9.77. The number of fused-ring (bicyclic) bond motifs is 1. The zero-order valence-electron chi connectivity index (χ0n) is 16.6. The van der Waals surface area contributed by atoms with Gasteiger partial charge in [-0.2, -0.15) is 9.78 Å². The average molecular weight is 387 g/mol. The van der Waals surface area contributed by atoms with Gasteiger partial charge in [-0.05, 0) is 31.9 Å². The fraction of sp³-hybridized carbons (Fsp3) is 0.450. The Labute approximate surface area is 163 Å². The molecule has 1 aromatic carbocycles. The number of nitrogens with zero attached hydrogens (tertiary/aromatic N) is 3. The van der Waals surface area contributed by atoms with Gasteiger partial charge in [-0.15, -0.1) is 0 Å². The van der Waals surface area contributed by atoms with Gasteiger partial charge in [0, 0.05) is 12.3 Å². The van der Waals surface area contributed by atoms with Crippen molar-refractivity contribution in [2.75, 3.05) is 13.7 Å². The summed E-state index contributed by atoms with van der Waals surface area (Å²) >= 11 is 0. The van der Waals surface area contributed by atoms with Crippen LogP contribution in [0.4, 0.5) is 0 Å². The van der Waals surface area contributed by atoms with Crippen LogP contribution in [0.25, 0.3) is 10.9 Å². The highest BCUT2D eigenvalue weighted by Gasteiger charge is 2.18. The number of carbonyl (C=O) groups is 2. The molecule has 0 bridgehead atoms. The van der Waals surface area contributed by atoms with E-state index < -0.39 is 5.97 Å². The minimum absolute atomic E-state index is 0.0619. The summed E-state index contributed by atoms with van der Waals surface area (Å²) in [4.78, 5) is 41.2. The molecule has 0 radical (unpaired) electrons. The van der Waals surface area contributed by atoms with E-state index in [1.54, 1.807) is 25.1 Å². The van der Waals surface area contributed by atoms with Gasteiger partial charge < -0.3 is 9.47 Å². The number of rotatable bonds is 8. The van der Waals surface area contributed by atoms with Gasteiger partial charge in [-0.3, -0.25) is 9.59 Å². The largest absolute Gasteiger partial charge is 0.469 e. The van der Waals surface area contributed by atoms with Crippen LogP contribution < -0.4 is 5.56 Å². The second-order valence-corrected chi connectivity index (χ2v) is 6.46. The van der Waals surface area contributed by atoms with Crippen LogP contribution in [0.1, 0.15) is 51.8 Å². The molecule has 0 saturated carbocycles. The molecule has 0 amide bonds. The first-order chi connectivity index (χ1) is 13.4. The molecule has 2 rings (SSSR count). The lowest BCUT2D eigenvalue weighted by Gasteiger charge is -2.13. The molecule has 0 aliphatic heterocycles. The summed E-state index contributed by atoms with van der Waals surface area (Å²) in [6.07, 6.45) is 0.651. The van der Waals surface area contributed by atoms with Crippen molar-refractivity contribution < 1.29 is 19.1 Å². The average Bonchev–Trinajstić information content (AvgIpc) is 2.68. The summed E-state index contributed by atoms with van der Waals surface area (Å²) in [5.74, 6) is -0.657. The predicted octanol–water partition coefficient (Wildman–Crippen LogP) is 2.63. The third-order valence-electron chi connectivity index (χ3n) is 4.05. The summed E-state index contributed by atoms with van der Waals surface area (Å²) in [6, 6.07) is 6.99. The number of benzene rings is 1. The monoisotopic (exact) mass is 387 g/mol. The lowest BCUT2D eigenvalue weighted by molar-refractivity contribution is -0.141. The van der Waals surface area contributed by atoms with Gasteiger partial charge in [0.2, 0.25) is 0 Å². The van der Waals surface area contributed by atoms with E-state index >= 15 is 0 Å². The van der Waals surface area contributed by atoms with Crippen molar-refractivity contribution >= 4 is 28.6 Å². The Morgan fingerprint density at radius 3 is 2.57 bits per heavy atom. The Balaban J connectivity index is 2.53. The van der Waals surface area contributed by atoms with Gasteiger partial charge in [0.25, 0.3) is 5.56 Å². The van der Waals surface area contributed by atoms with E-state index in [1.165, 1.54) is 7.11 Å². The van der Waals surface area contributed by atoms with Gasteiger partial charge in [0.15, 0.2) is 0 Å². The highest BCUT2D eigenvalue weighted by atomic mass is 16.5. The van der Waals surface area contributed by atoms with Crippen LogP contribution in [0, 0.1) is 0 Å². The Kier molecular flexibility index (Phi) is 7.43. The Morgan fingerprint density at radius 1 is 1.21 bits per heavy atom. The Hall–Kier alpha value is -3.03. The van der Waals surface area contributed by atoms with Crippen LogP contribution in [-0.2, 0) is 19.1 Å². The predicted molar refractivity (Wildman–Crippen MR) is 105 cm³/mol. The number of methoxy groups -OCH3 is 1. The maximum Gasteiger partial charge on any atom is 0.354 e. The van der Waals surface area contributed by atoms with Crippen LogP contribution in [0.5, 0.6) is 0 Å². The van der Waals surface area contributed by atoms with E-state index in [0.29, 0.717) is 23.1 Å². The molecule has 0 aliphatic carbocycles. The van der Waals surface area contributed by atoms with E-state index in [0.717, 1.165) is 4.68 Å². The van der Waals surface area contributed by atoms with Crippen LogP contribution >= 0.6 is 0 Å². The van der Waals surface area contributed by atoms with Crippen molar-refractivity contribution in [3.05, 3.63) is 40.4 Å². The van der Waals surface area contributed by atoms with Gasteiger partial charge >= 0.3 is 11.9 Å². The lowest BCUT2D eigenvalue weighted by Crippen LogP contribution is -2.27. The van der Waals surface area contributed by atoms with Crippen molar-refractivity contribution in [1.29, 1.82) is 0 Å². The van der Waals surface area contributed by atoms with E-state index in [9.17, 15) is 14.4 Å². The van der Waals surface area contributed by atoms with E-state index in [1.807, 2.05) is 19.9 Å². The highest BCUT2D eigenvalue weighted by Crippen LogP contribution is 2.15. The zero-order chi connectivity index (χ0) is 20.7. The molecule has 0 atom stereocenters. The van der Waals surface area contributed by atoms with Gasteiger partial charge in [-0.1, -0.05) is 26.0 Å². The van der Waals surface area contributed by atoms with Gasteiger partial charge in [0.1, 0.15) is 11.5 Å². The minimum Gasteiger partial charge on any atom is -0.469 e. The first-order valence-corrected chi connectivity index (χ1v) is 9.22. The van der Waals surface area contributed by atoms with Crippen molar-refractivity contribution in [2.24, 2.45) is 5.10 Å². The standard InChI is InChI=1S/C20H25N3O5/c1-5-28-20(26)16(11-8-12-17(24)27-4)22-23-18(13(2)3)21-15-10-7-6-9-14(15)19(23)25/h6-7,9-10,13H,5,8,11-12H2,1-4H3/b22-16+. The number of carbonyl (C=O) groups excluding carboxylic acids is 2. The molecule has 1 aromatic heterocycles. The second-order valence-electron chi connectivity index (χ2n) is 6.46. The number of para-hydroxylation sites is 1. The molecule has 2 aromatic rings. The number of aromatic nitrogens is 2. The molecule has 1 heterocycles. The van der Waals surface area contributed by atoms with Crippen LogP contribution in [0.3, 0.4) is 0 Å². The summed E-state index contributed by atoms with van der Waals surface area (Å²) in [6.45, 7) is 5.65. The Morgan fingerprint density at radius 2 is 1.93 bits per heavy atom. The molecule has 8 nitrogen and oxygen atoms in total. The fourth-order valence-corrected chi connectivity index (χ4v) is 2.64. The lowest BCUT2D eigenvalue weighted by atomic mass is 10.1. The molecular weight excluding hydrogens is 362 g/mol. The number of hydrogen-bond donors (Lipinski definition) is 0. The zero-order valence-corrected chi connectivity index (χ0v) is 16.6. The highest BCUT2D eigenvalue weighted by molar-refractivity contribution is 6.36. The topological polar surface area (TPSA) is 99.9 Å². The maximum atomic E-state index is 13.0. The molecule has 0 spiro atoms. The summed E-state index contributed by atoms with van der Waals surface area (Å²) in [7, 11) is 1.30. The van der Waals surface area contributed by atoms with Crippen LogP contribution in [-0.4, -0.2) is 41.0 Å². The number of esters is 2. The molecule has 0 N–H and O–H groups in total. The minimum atomic E-state index is -0.623. The third kappa shape index (κ3) is 5.03. The Bertz CT molecular complexity index is 946. The molecular formula is C20H25N3O5. The summed E-state index contributed by atoms with van der Waals surface area (Å²) in [5.41, 5.74) is 0.280. The van der Waals surface area contributed by atoms with Crippen molar-refractivity contribution in [1.82, 2.24) is 9.66 Å². The van der Waals surface area contributed by atoms with Gasteiger partial charge in [0.05, 0.1) is 24.6 Å². The number of hydrogen-bond acceptors (Lipinski definition) is 7.